The molecule has 1 aromatic rings. The highest BCUT2D eigenvalue weighted by molar-refractivity contribution is 5.78. The second-order valence-electron chi connectivity index (χ2n) is 5.43. The van der Waals surface area contributed by atoms with Gasteiger partial charge in [0.2, 0.25) is 0 Å². The van der Waals surface area contributed by atoms with Crippen LogP contribution in [0.2, 0.25) is 0 Å². The Morgan fingerprint density at radius 2 is 2.00 bits per heavy atom. The molecule has 0 aliphatic rings. The lowest BCUT2D eigenvalue weighted by Crippen LogP contribution is -2.06. The third-order valence-corrected chi connectivity index (χ3v) is 3.73. The fourth-order valence-corrected chi connectivity index (χ4v) is 2.42. The highest BCUT2D eigenvalue weighted by Crippen LogP contribution is 2.33. The van der Waals surface area contributed by atoms with Crippen LogP contribution in [0.3, 0.4) is 0 Å². The molecular weight excluding hydrogens is 248 g/mol. The summed E-state index contributed by atoms with van der Waals surface area (Å²) in [6.45, 7) is 9.10. The summed E-state index contributed by atoms with van der Waals surface area (Å²) >= 11 is 0. The van der Waals surface area contributed by atoms with Crippen molar-refractivity contribution in [2.75, 3.05) is 6.61 Å². The SMILES string of the molecule is CCCOc1ccc(C)cc1C(CC)CCC(=O)CC. The van der Waals surface area contributed by atoms with Crippen LogP contribution in [0.5, 0.6) is 5.75 Å². The van der Waals surface area contributed by atoms with Gasteiger partial charge in [-0.3, -0.25) is 4.79 Å². The number of ether oxygens (including phenoxy) is 1. The van der Waals surface area contributed by atoms with Crippen LogP contribution in [0.25, 0.3) is 0 Å². The van der Waals surface area contributed by atoms with Gasteiger partial charge in [-0.2, -0.15) is 0 Å². The van der Waals surface area contributed by atoms with E-state index in [0.717, 1.165) is 31.6 Å². The molecule has 0 aromatic heterocycles. The van der Waals surface area contributed by atoms with E-state index in [-0.39, 0.29) is 0 Å². The van der Waals surface area contributed by atoms with Gasteiger partial charge in [0.05, 0.1) is 6.61 Å². The van der Waals surface area contributed by atoms with Crippen LogP contribution in [0.4, 0.5) is 0 Å². The van der Waals surface area contributed by atoms with E-state index >= 15 is 0 Å². The molecule has 0 bridgehead atoms. The number of benzene rings is 1. The minimum Gasteiger partial charge on any atom is -0.493 e. The fraction of sp³-hybridized carbons (Fsp3) is 0.611. The maximum atomic E-state index is 11.6. The maximum Gasteiger partial charge on any atom is 0.132 e. The van der Waals surface area contributed by atoms with Crippen molar-refractivity contribution in [2.45, 2.75) is 65.7 Å². The van der Waals surface area contributed by atoms with E-state index in [1.165, 1.54) is 11.1 Å². The number of ketones is 1. The number of hydrogen-bond donors (Lipinski definition) is 0. The Kier molecular flexibility index (Phi) is 7.35. The summed E-state index contributed by atoms with van der Waals surface area (Å²) in [6, 6.07) is 6.39. The largest absolute Gasteiger partial charge is 0.493 e. The summed E-state index contributed by atoms with van der Waals surface area (Å²) in [4.78, 5) is 11.6. The minimum absolute atomic E-state index is 0.354. The summed E-state index contributed by atoms with van der Waals surface area (Å²) in [5.74, 6) is 1.76. The van der Waals surface area contributed by atoms with Gasteiger partial charge in [0, 0.05) is 12.8 Å². The van der Waals surface area contributed by atoms with Gasteiger partial charge in [-0.15, -0.1) is 0 Å². The van der Waals surface area contributed by atoms with Gasteiger partial charge >= 0.3 is 0 Å². The molecule has 0 N–H and O–H groups in total. The van der Waals surface area contributed by atoms with Gasteiger partial charge in [-0.05, 0) is 43.7 Å². The zero-order valence-electron chi connectivity index (χ0n) is 13.4. The normalized spacial score (nSPS) is 12.2. The van der Waals surface area contributed by atoms with Gasteiger partial charge < -0.3 is 4.74 Å². The average molecular weight is 276 g/mol. The topological polar surface area (TPSA) is 26.3 Å². The lowest BCUT2D eigenvalue weighted by molar-refractivity contribution is -0.118. The first-order chi connectivity index (χ1) is 9.62. The van der Waals surface area contributed by atoms with Gasteiger partial charge in [0.15, 0.2) is 0 Å². The molecule has 0 radical (unpaired) electrons. The molecule has 2 heteroatoms. The highest BCUT2D eigenvalue weighted by atomic mass is 16.5. The zero-order chi connectivity index (χ0) is 15.0. The highest BCUT2D eigenvalue weighted by Gasteiger charge is 2.16. The molecule has 0 aliphatic heterocycles. The Morgan fingerprint density at radius 1 is 1.25 bits per heavy atom. The Labute approximate surface area is 123 Å². The van der Waals surface area contributed by atoms with Crippen molar-refractivity contribution in [3.63, 3.8) is 0 Å². The molecule has 112 valence electrons. The molecule has 0 saturated carbocycles. The van der Waals surface area contributed by atoms with E-state index < -0.39 is 0 Å². The quantitative estimate of drug-likeness (QED) is 0.632. The lowest BCUT2D eigenvalue weighted by Gasteiger charge is -2.20. The Bertz CT molecular complexity index is 423. The Morgan fingerprint density at radius 3 is 2.60 bits per heavy atom. The molecular formula is C18H28O2. The minimum atomic E-state index is 0.354. The van der Waals surface area contributed by atoms with E-state index in [9.17, 15) is 4.79 Å². The van der Waals surface area contributed by atoms with Crippen molar-refractivity contribution in [3.05, 3.63) is 29.3 Å². The van der Waals surface area contributed by atoms with E-state index in [4.69, 9.17) is 4.74 Å². The molecule has 1 rings (SSSR count). The Balaban J connectivity index is 2.88. The molecule has 2 nitrogen and oxygen atoms in total. The van der Waals surface area contributed by atoms with Crippen molar-refractivity contribution < 1.29 is 9.53 Å². The molecule has 0 saturated heterocycles. The number of rotatable bonds is 9. The predicted molar refractivity (Wildman–Crippen MR) is 84.5 cm³/mol. The van der Waals surface area contributed by atoms with E-state index in [1.807, 2.05) is 6.92 Å². The molecule has 20 heavy (non-hydrogen) atoms. The van der Waals surface area contributed by atoms with Crippen molar-refractivity contribution in [1.29, 1.82) is 0 Å². The van der Waals surface area contributed by atoms with Crippen molar-refractivity contribution in [3.8, 4) is 5.75 Å². The summed E-state index contributed by atoms with van der Waals surface area (Å²) < 4.78 is 5.87. The molecule has 0 amide bonds. The first kappa shape index (κ1) is 16.7. The summed E-state index contributed by atoms with van der Waals surface area (Å²) in [6.07, 6.45) is 4.30. The number of carbonyl (C=O) groups is 1. The number of aryl methyl sites for hydroxylation is 1. The van der Waals surface area contributed by atoms with Gasteiger partial charge in [0.25, 0.3) is 0 Å². The monoisotopic (exact) mass is 276 g/mol. The molecule has 0 heterocycles. The van der Waals surface area contributed by atoms with Gasteiger partial charge in [-0.1, -0.05) is 38.5 Å². The van der Waals surface area contributed by atoms with Crippen LogP contribution in [0.1, 0.15) is 69.9 Å². The molecule has 1 aromatic carbocycles. The van der Waals surface area contributed by atoms with Gasteiger partial charge in [-0.25, -0.2) is 0 Å². The van der Waals surface area contributed by atoms with Crippen LogP contribution in [0, 0.1) is 6.92 Å². The number of Topliss-reactive ketones (excluding diaryl/α,β-unsaturated/α-hetero) is 1. The maximum absolute atomic E-state index is 11.6. The average Bonchev–Trinajstić information content (AvgIpc) is 2.46. The molecule has 0 fully saturated rings. The molecule has 1 atom stereocenters. The van der Waals surface area contributed by atoms with Crippen molar-refractivity contribution in [1.82, 2.24) is 0 Å². The smallest absolute Gasteiger partial charge is 0.132 e. The first-order valence-corrected chi connectivity index (χ1v) is 7.87. The summed E-state index contributed by atoms with van der Waals surface area (Å²) in [5.41, 5.74) is 2.52. The van der Waals surface area contributed by atoms with Crippen LogP contribution in [-0.4, -0.2) is 12.4 Å². The van der Waals surface area contributed by atoms with Crippen LogP contribution < -0.4 is 4.74 Å². The fourth-order valence-electron chi connectivity index (χ4n) is 2.42. The second kappa shape index (κ2) is 8.78. The summed E-state index contributed by atoms with van der Waals surface area (Å²) in [5, 5.41) is 0. The van der Waals surface area contributed by atoms with Crippen LogP contribution in [-0.2, 0) is 4.79 Å². The summed E-state index contributed by atoms with van der Waals surface area (Å²) in [7, 11) is 0. The predicted octanol–water partition coefficient (Wildman–Crippen LogP) is 5.04. The third kappa shape index (κ3) is 4.99. The number of carbonyl (C=O) groups excluding carboxylic acids is 1. The standard InChI is InChI=1S/C18H28O2/c1-5-12-20-18-11-8-14(4)13-17(18)15(6-2)9-10-16(19)7-3/h8,11,13,15H,5-7,9-10,12H2,1-4H3. The second-order valence-corrected chi connectivity index (χ2v) is 5.43. The van der Waals surface area contributed by atoms with Gasteiger partial charge in [0.1, 0.15) is 11.5 Å². The first-order valence-electron chi connectivity index (χ1n) is 7.87. The van der Waals surface area contributed by atoms with E-state index in [0.29, 0.717) is 24.5 Å². The number of hydrogen-bond acceptors (Lipinski definition) is 2. The molecule has 0 spiro atoms. The van der Waals surface area contributed by atoms with Crippen molar-refractivity contribution in [2.24, 2.45) is 0 Å². The third-order valence-electron chi connectivity index (χ3n) is 3.73. The van der Waals surface area contributed by atoms with Crippen LogP contribution >= 0.6 is 0 Å². The molecule has 1 unspecified atom stereocenters. The van der Waals surface area contributed by atoms with Crippen molar-refractivity contribution >= 4 is 5.78 Å². The van der Waals surface area contributed by atoms with E-state index in [2.05, 4.69) is 39.0 Å². The Hall–Kier alpha value is -1.31. The lowest BCUT2D eigenvalue weighted by atomic mass is 9.89. The van der Waals surface area contributed by atoms with Crippen LogP contribution in [0.15, 0.2) is 18.2 Å². The van der Waals surface area contributed by atoms with E-state index in [1.54, 1.807) is 0 Å². The molecule has 0 aliphatic carbocycles. The zero-order valence-corrected chi connectivity index (χ0v) is 13.4.